The molecule has 0 aliphatic heterocycles. The maximum Gasteiger partial charge on any atom is 0.277 e. The first-order valence-corrected chi connectivity index (χ1v) is 5.45. The first kappa shape index (κ1) is 11.3. The van der Waals surface area contributed by atoms with Gasteiger partial charge in [0.15, 0.2) is 5.69 Å². The zero-order valence-electron chi connectivity index (χ0n) is 9.59. The van der Waals surface area contributed by atoms with E-state index in [-0.39, 0.29) is 11.5 Å². The Bertz CT molecular complexity index is 741. The second-order valence-electron chi connectivity index (χ2n) is 3.87. The van der Waals surface area contributed by atoms with E-state index in [9.17, 15) is 9.18 Å². The molecule has 19 heavy (non-hydrogen) atoms. The third-order valence-corrected chi connectivity index (χ3v) is 2.55. The second-order valence-corrected chi connectivity index (χ2v) is 3.87. The van der Waals surface area contributed by atoms with Crippen molar-refractivity contribution in [3.63, 3.8) is 0 Å². The zero-order chi connectivity index (χ0) is 13.2. The number of hydrogen-bond donors (Lipinski definition) is 2. The van der Waals surface area contributed by atoms with Crippen molar-refractivity contribution in [3.05, 3.63) is 48.2 Å². The highest BCUT2D eigenvalue weighted by molar-refractivity contribution is 6.03. The van der Waals surface area contributed by atoms with Gasteiger partial charge in [0.05, 0.1) is 23.6 Å². The Hall–Kier alpha value is -2.83. The highest BCUT2D eigenvalue weighted by Gasteiger charge is 2.09. The van der Waals surface area contributed by atoms with Crippen LogP contribution >= 0.6 is 0 Å². The van der Waals surface area contributed by atoms with E-state index in [1.165, 1.54) is 24.5 Å². The first-order valence-electron chi connectivity index (χ1n) is 5.45. The number of hydrogen-bond acceptors (Lipinski definition) is 4. The Morgan fingerprint density at radius 3 is 2.95 bits per heavy atom. The Morgan fingerprint density at radius 2 is 2.16 bits per heavy atom. The van der Waals surface area contributed by atoms with Crippen LogP contribution in [-0.4, -0.2) is 26.3 Å². The second kappa shape index (κ2) is 4.45. The summed E-state index contributed by atoms with van der Waals surface area (Å²) in [6.45, 7) is 0. The number of pyridine rings is 1. The molecule has 6 nitrogen and oxygen atoms in total. The fourth-order valence-corrected chi connectivity index (χ4v) is 1.67. The average molecular weight is 257 g/mol. The van der Waals surface area contributed by atoms with Crippen LogP contribution in [0.4, 0.5) is 10.1 Å². The van der Waals surface area contributed by atoms with Gasteiger partial charge in [-0.3, -0.25) is 9.78 Å². The summed E-state index contributed by atoms with van der Waals surface area (Å²) in [5.41, 5.74) is 1.21. The van der Waals surface area contributed by atoms with Gasteiger partial charge in [-0.15, -0.1) is 0 Å². The average Bonchev–Trinajstić information content (AvgIpc) is 2.93. The monoisotopic (exact) mass is 257 g/mol. The molecule has 2 heterocycles. The lowest BCUT2D eigenvalue weighted by Crippen LogP contribution is -2.12. The standard InChI is InChI=1S/C12H8FN5O/c13-8-2-1-7-3-9(5-14-10(7)4-8)16-12(19)11-6-15-18-17-11/h1-6H,(H,16,19)(H,15,17,18). The van der Waals surface area contributed by atoms with Crippen molar-refractivity contribution in [3.8, 4) is 0 Å². The summed E-state index contributed by atoms with van der Waals surface area (Å²) < 4.78 is 13.0. The summed E-state index contributed by atoms with van der Waals surface area (Å²) >= 11 is 0. The third-order valence-electron chi connectivity index (χ3n) is 2.55. The Morgan fingerprint density at radius 1 is 1.26 bits per heavy atom. The maximum atomic E-state index is 13.0. The minimum absolute atomic E-state index is 0.180. The van der Waals surface area contributed by atoms with Gasteiger partial charge in [-0.05, 0) is 18.2 Å². The van der Waals surface area contributed by atoms with Gasteiger partial charge in [0, 0.05) is 11.5 Å². The van der Waals surface area contributed by atoms with Crippen LogP contribution in [-0.2, 0) is 0 Å². The largest absolute Gasteiger partial charge is 0.319 e. The van der Waals surface area contributed by atoms with Crippen molar-refractivity contribution in [2.24, 2.45) is 0 Å². The van der Waals surface area contributed by atoms with E-state index in [4.69, 9.17) is 0 Å². The normalized spacial score (nSPS) is 10.6. The number of halogens is 1. The lowest BCUT2D eigenvalue weighted by molar-refractivity contribution is 0.102. The van der Waals surface area contributed by atoms with E-state index in [2.05, 4.69) is 25.7 Å². The molecular weight excluding hydrogens is 249 g/mol. The number of rotatable bonds is 2. The molecule has 0 saturated carbocycles. The molecule has 0 saturated heterocycles. The highest BCUT2D eigenvalue weighted by Crippen LogP contribution is 2.17. The van der Waals surface area contributed by atoms with Crippen molar-refractivity contribution in [1.82, 2.24) is 20.4 Å². The van der Waals surface area contributed by atoms with Gasteiger partial charge in [-0.25, -0.2) is 4.39 Å². The summed E-state index contributed by atoms with van der Waals surface area (Å²) in [5.74, 6) is -0.739. The number of carbonyl (C=O) groups is 1. The van der Waals surface area contributed by atoms with Crippen LogP contribution in [0.25, 0.3) is 10.9 Å². The van der Waals surface area contributed by atoms with Crippen LogP contribution in [0.2, 0.25) is 0 Å². The summed E-state index contributed by atoms with van der Waals surface area (Å²) in [6.07, 6.45) is 2.78. The van der Waals surface area contributed by atoms with E-state index < -0.39 is 5.91 Å². The van der Waals surface area contributed by atoms with Crippen LogP contribution in [0.5, 0.6) is 0 Å². The lowest BCUT2D eigenvalue weighted by Gasteiger charge is -2.04. The molecule has 0 atom stereocenters. The highest BCUT2D eigenvalue weighted by atomic mass is 19.1. The molecule has 7 heteroatoms. The van der Waals surface area contributed by atoms with Crippen LogP contribution in [0, 0.1) is 5.82 Å². The first-order chi connectivity index (χ1) is 9.22. The van der Waals surface area contributed by atoms with E-state index in [1.54, 1.807) is 12.1 Å². The molecule has 1 amide bonds. The quantitative estimate of drug-likeness (QED) is 0.732. The Labute approximate surface area is 106 Å². The van der Waals surface area contributed by atoms with Crippen LogP contribution < -0.4 is 5.32 Å². The molecule has 2 aromatic heterocycles. The molecule has 94 valence electrons. The van der Waals surface area contributed by atoms with Crippen LogP contribution in [0.15, 0.2) is 36.7 Å². The van der Waals surface area contributed by atoms with Gasteiger partial charge in [-0.2, -0.15) is 15.4 Å². The molecule has 0 bridgehead atoms. The van der Waals surface area contributed by atoms with Crippen LogP contribution in [0.1, 0.15) is 10.5 Å². The number of anilines is 1. The lowest BCUT2D eigenvalue weighted by atomic mass is 10.2. The van der Waals surface area contributed by atoms with Gasteiger partial charge in [0.2, 0.25) is 0 Å². The summed E-state index contributed by atoms with van der Waals surface area (Å²) in [4.78, 5) is 15.8. The number of carbonyl (C=O) groups excluding carboxylic acids is 1. The SMILES string of the molecule is O=C(Nc1cnc2cc(F)ccc2c1)c1cn[nH]n1. The number of aromatic nitrogens is 4. The molecular formula is C12H8FN5O. The van der Waals surface area contributed by atoms with Crippen molar-refractivity contribution < 1.29 is 9.18 Å². The predicted molar refractivity (Wildman–Crippen MR) is 66.0 cm³/mol. The Kier molecular flexibility index (Phi) is 2.64. The van der Waals surface area contributed by atoms with Gasteiger partial charge < -0.3 is 5.32 Å². The third kappa shape index (κ3) is 2.25. The number of amides is 1. The fourth-order valence-electron chi connectivity index (χ4n) is 1.67. The summed E-state index contributed by atoms with van der Waals surface area (Å²) in [6, 6.07) is 5.98. The van der Waals surface area contributed by atoms with E-state index in [1.807, 2.05) is 0 Å². The fraction of sp³-hybridized carbons (Fsp3) is 0. The maximum absolute atomic E-state index is 13.0. The van der Waals surface area contributed by atoms with Gasteiger partial charge in [0.1, 0.15) is 5.82 Å². The number of aromatic amines is 1. The van der Waals surface area contributed by atoms with Crippen molar-refractivity contribution in [1.29, 1.82) is 0 Å². The Balaban J connectivity index is 1.89. The van der Waals surface area contributed by atoms with Crippen molar-refractivity contribution >= 4 is 22.5 Å². The molecule has 0 spiro atoms. The van der Waals surface area contributed by atoms with Crippen molar-refractivity contribution in [2.75, 3.05) is 5.32 Å². The van der Waals surface area contributed by atoms with E-state index in [0.717, 1.165) is 5.39 Å². The van der Waals surface area contributed by atoms with Gasteiger partial charge >= 0.3 is 0 Å². The van der Waals surface area contributed by atoms with Crippen molar-refractivity contribution in [2.45, 2.75) is 0 Å². The number of nitrogens with zero attached hydrogens (tertiary/aromatic N) is 3. The van der Waals surface area contributed by atoms with E-state index >= 15 is 0 Å². The molecule has 2 N–H and O–H groups in total. The smallest absolute Gasteiger partial charge is 0.277 e. The molecule has 0 aliphatic rings. The minimum atomic E-state index is -0.392. The molecule has 3 aromatic rings. The minimum Gasteiger partial charge on any atom is -0.319 e. The number of nitrogens with one attached hydrogen (secondary N) is 2. The van der Waals surface area contributed by atoms with Gasteiger partial charge in [-0.1, -0.05) is 0 Å². The molecule has 3 rings (SSSR count). The van der Waals surface area contributed by atoms with Gasteiger partial charge in [0.25, 0.3) is 5.91 Å². The molecule has 0 aliphatic carbocycles. The molecule has 0 unspecified atom stereocenters. The topological polar surface area (TPSA) is 83.6 Å². The number of fused-ring (bicyclic) bond motifs is 1. The number of H-pyrrole nitrogens is 1. The zero-order valence-corrected chi connectivity index (χ0v) is 9.59. The predicted octanol–water partition coefficient (Wildman–Crippen LogP) is 1.74. The number of benzene rings is 1. The van der Waals surface area contributed by atoms with Crippen LogP contribution in [0.3, 0.4) is 0 Å². The summed E-state index contributed by atoms with van der Waals surface area (Å²) in [5, 5.41) is 12.9. The molecule has 0 radical (unpaired) electrons. The summed E-state index contributed by atoms with van der Waals surface area (Å²) in [7, 11) is 0. The molecule has 1 aromatic carbocycles. The van der Waals surface area contributed by atoms with E-state index in [0.29, 0.717) is 11.2 Å². The molecule has 0 fully saturated rings.